The molecule has 1 aliphatic rings. The zero-order chi connectivity index (χ0) is 14.1. The van der Waals surface area contributed by atoms with E-state index in [9.17, 15) is 4.79 Å². The van der Waals surface area contributed by atoms with Gasteiger partial charge in [0.2, 0.25) is 0 Å². The molecule has 1 aromatic carbocycles. The number of thiazole rings is 1. The third-order valence-corrected chi connectivity index (χ3v) is 5.08. The molecule has 1 N–H and O–H groups in total. The van der Waals surface area contributed by atoms with Crippen molar-refractivity contribution < 1.29 is 4.79 Å². The maximum absolute atomic E-state index is 12.1. The summed E-state index contributed by atoms with van der Waals surface area (Å²) in [7, 11) is 0. The van der Waals surface area contributed by atoms with Gasteiger partial charge in [0.25, 0.3) is 5.91 Å². The molecule has 0 fully saturated rings. The molecule has 0 spiro atoms. The zero-order valence-electron chi connectivity index (χ0n) is 11.1. The summed E-state index contributed by atoms with van der Waals surface area (Å²) in [5, 5.41) is 3.62. The summed E-state index contributed by atoms with van der Waals surface area (Å²) in [6, 6.07) is 7.33. The molecule has 5 heteroatoms. The maximum atomic E-state index is 12.1. The Morgan fingerprint density at radius 1 is 1.40 bits per heavy atom. The van der Waals surface area contributed by atoms with Crippen LogP contribution in [0.15, 0.2) is 28.7 Å². The van der Waals surface area contributed by atoms with Gasteiger partial charge in [-0.2, -0.15) is 0 Å². The first-order valence-corrected chi connectivity index (χ1v) is 8.28. The van der Waals surface area contributed by atoms with Crippen molar-refractivity contribution in [2.75, 3.05) is 5.32 Å². The van der Waals surface area contributed by atoms with Crippen molar-refractivity contribution in [2.45, 2.75) is 26.2 Å². The number of benzene rings is 1. The number of hydrogen-bond donors (Lipinski definition) is 1. The molecule has 0 saturated carbocycles. The Morgan fingerprint density at radius 3 is 2.90 bits per heavy atom. The number of rotatable bonds is 2. The van der Waals surface area contributed by atoms with Gasteiger partial charge >= 0.3 is 0 Å². The number of amides is 1. The molecule has 104 valence electrons. The fourth-order valence-electron chi connectivity index (χ4n) is 2.36. The van der Waals surface area contributed by atoms with E-state index in [1.807, 2.05) is 12.1 Å². The summed E-state index contributed by atoms with van der Waals surface area (Å²) in [6.45, 7) is 2.27. The van der Waals surface area contributed by atoms with E-state index in [0.29, 0.717) is 5.56 Å². The molecule has 1 aliphatic carbocycles. The van der Waals surface area contributed by atoms with Crippen LogP contribution in [0.4, 0.5) is 5.13 Å². The Morgan fingerprint density at radius 2 is 2.15 bits per heavy atom. The van der Waals surface area contributed by atoms with Crippen LogP contribution in [0.2, 0.25) is 0 Å². The van der Waals surface area contributed by atoms with Gasteiger partial charge in [-0.3, -0.25) is 10.1 Å². The van der Waals surface area contributed by atoms with Gasteiger partial charge in [-0.05, 0) is 49.4 Å². The third-order valence-electron chi connectivity index (χ3n) is 3.51. The Hall–Kier alpha value is -1.20. The highest BCUT2D eigenvalue weighted by molar-refractivity contribution is 9.10. The van der Waals surface area contributed by atoms with E-state index in [4.69, 9.17) is 0 Å². The highest BCUT2D eigenvalue weighted by atomic mass is 79.9. The Balaban J connectivity index is 1.75. The lowest BCUT2D eigenvalue weighted by molar-refractivity contribution is 0.102. The van der Waals surface area contributed by atoms with Gasteiger partial charge in [0, 0.05) is 14.9 Å². The molecule has 20 heavy (non-hydrogen) atoms. The first-order chi connectivity index (χ1) is 9.61. The van der Waals surface area contributed by atoms with Gasteiger partial charge < -0.3 is 0 Å². The van der Waals surface area contributed by atoms with Gasteiger partial charge in [0.15, 0.2) is 5.13 Å². The normalized spacial score (nSPS) is 17.6. The van der Waals surface area contributed by atoms with Crippen molar-refractivity contribution in [2.24, 2.45) is 5.92 Å². The smallest absolute Gasteiger partial charge is 0.257 e. The highest BCUT2D eigenvalue weighted by Crippen LogP contribution is 2.32. The SMILES string of the molecule is CC1CCc2nc(NC(=O)c3ccc(Br)cc3)sc2C1. The van der Waals surface area contributed by atoms with Crippen LogP contribution in [0.1, 0.15) is 34.3 Å². The van der Waals surface area contributed by atoms with Crippen molar-refractivity contribution >= 4 is 38.3 Å². The molecule has 3 nitrogen and oxygen atoms in total. The number of carbonyl (C=O) groups excluding carboxylic acids is 1. The molecule has 1 amide bonds. The summed E-state index contributed by atoms with van der Waals surface area (Å²) >= 11 is 4.98. The van der Waals surface area contributed by atoms with Crippen LogP contribution in [-0.2, 0) is 12.8 Å². The van der Waals surface area contributed by atoms with Gasteiger partial charge in [-0.15, -0.1) is 11.3 Å². The number of anilines is 1. The topological polar surface area (TPSA) is 42.0 Å². The lowest BCUT2D eigenvalue weighted by Crippen LogP contribution is -2.11. The fourth-order valence-corrected chi connectivity index (χ4v) is 3.79. The minimum atomic E-state index is -0.100. The summed E-state index contributed by atoms with van der Waals surface area (Å²) in [5.74, 6) is 0.620. The molecule has 3 rings (SSSR count). The van der Waals surface area contributed by atoms with E-state index in [0.717, 1.165) is 28.4 Å². The largest absolute Gasteiger partial charge is 0.298 e. The number of carbonyl (C=O) groups is 1. The molecule has 0 bridgehead atoms. The van der Waals surface area contributed by atoms with Crippen LogP contribution >= 0.6 is 27.3 Å². The second-order valence-electron chi connectivity index (χ2n) is 5.20. The molecule has 0 aliphatic heterocycles. The van der Waals surface area contributed by atoms with Gasteiger partial charge in [-0.1, -0.05) is 22.9 Å². The number of nitrogens with zero attached hydrogens (tertiary/aromatic N) is 1. The summed E-state index contributed by atoms with van der Waals surface area (Å²) in [5.41, 5.74) is 1.81. The van der Waals surface area contributed by atoms with Crippen LogP contribution < -0.4 is 5.32 Å². The van der Waals surface area contributed by atoms with Crippen molar-refractivity contribution in [3.05, 3.63) is 44.9 Å². The lowest BCUT2D eigenvalue weighted by atomic mass is 9.93. The van der Waals surface area contributed by atoms with Crippen molar-refractivity contribution in [3.8, 4) is 0 Å². The number of aromatic nitrogens is 1. The number of nitrogens with one attached hydrogen (secondary N) is 1. The number of aryl methyl sites for hydroxylation is 1. The quantitative estimate of drug-likeness (QED) is 0.877. The predicted octanol–water partition coefficient (Wildman–Crippen LogP) is 4.28. The third kappa shape index (κ3) is 2.94. The molecule has 1 heterocycles. The Labute approximate surface area is 130 Å². The summed E-state index contributed by atoms with van der Waals surface area (Å²) in [6.07, 6.45) is 3.30. The van der Waals surface area contributed by atoms with E-state index < -0.39 is 0 Å². The standard InChI is InChI=1S/C15H15BrN2OS/c1-9-2-7-12-13(8-9)20-15(17-12)18-14(19)10-3-5-11(16)6-4-10/h3-6,9H,2,7-8H2,1H3,(H,17,18,19). The molecule has 0 saturated heterocycles. The second-order valence-corrected chi connectivity index (χ2v) is 7.20. The Bertz CT molecular complexity index is 636. The molecule has 0 radical (unpaired) electrons. The minimum Gasteiger partial charge on any atom is -0.298 e. The second kappa shape index (κ2) is 5.66. The highest BCUT2D eigenvalue weighted by Gasteiger charge is 2.20. The van der Waals surface area contributed by atoms with Crippen LogP contribution in [0.3, 0.4) is 0 Å². The zero-order valence-corrected chi connectivity index (χ0v) is 13.6. The van der Waals surface area contributed by atoms with E-state index in [1.54, 1.807) is 23.5 Å². The van der Waals surface area contributed by atoms with Gasteiger partial charge in [0.05, 0.1) is 5.69 Å². The number of halogens is 1. The monoisotopic (exact) mass is 350 g/mol. The van der Waals surface area contributed by atoms with Crippen LogP contribution in [-0.4, -0.2) is 10.9 Å². The first-order valence-electron chi connectivity index (χ1n) is 6.67. The molecular weight excluding hydrogens is 336 g/mol. The molecule has 1 atom stereocenters. The average Bonchev–Trinajstić information content (AvgIpc) is 2.80. The molecule has 2 aromatic rings. The predicted molar refractivity (Wildman–Crippen MR) is 85.4 cm³/mol. The van der Waals surface area contributed by atoms with Crippen LogP contribution in [0.25, 0.3) is 0 Å². The molecular formula is C15H15BrN2OS. The lowest BCUT2D eigenvalue weighted by Gasteiger charge is -2.15. The van der Waals surface area contributed by atoms with Crippen molar-refractivity contribution in [3.63, 3.8) is 0 Å². The van der Waals surface area contributed by atoms with Gasteiger partial charge in [-0.25, -0.2) is 4.98 Å². The van der Waals surface area contributed by atoms with Crippen molar-refractivity contribution in [1.82, 2.24) is 4.98 Å². The van der Waals surface area contributed by atoms with E-state index >= 15 is 0 Å². The van der Waals surface area contributed by atoms with E-state index in [1.165, 1.54) is 17.0 Å². The maximum Gasteiger partial charge on any atom is 0.257 e. The van der Waals surface area contributed by atoms with Crippen LogP contribution in [0.5, 0.6) is 0 Å². The Kier molecular flexibility index (Phi) is 3.89. The average molecular weight is 351 g/mol. The van der Waals surface area contributed by atoms with E-state index in [-0.39, 0.29) is 5.91 Å². The minimum absolute atomic E-state index is 0.100. The number of hydrogen-bond acceptors (Lipinski definition) is 3. The van der Waals surface area contributed by atoms with E-state index in [2.05, 4.69) is 33.2 Å². The van der Waals surface area contributed by atoms with Crippen LogP contribution in [0, 0.1) is 5.92 Å². The summed E-state index contributed by atoms with van der Waals surface area (Å²) < 4.78 is 0.966. The van der Waals surface area contributed by atoms with Crippen molar-refractivity contribution in [1.29, 1.82) is 0 Å². The molecule has 1 unspecified atom stereocenters. The van der Waals surface area contributed by atoms with Gasteiger partial charge in [0.1, 0.15) is 0 Å². The molecule has 1 aromatic heterocycles. The number of fused-ring (bicyclic) bond motifs is 1. The fraction of sp³-hybridized carbons (Fsp3) is 0.333. The first kappa shape index (κ1) is 13.8. The summed E-state index contributed by atoms with van der Waals surface area (Å²) in [4.78, 5) is 18.0.